The number of hydrogen-bond donors (Lipinski definition) is 6. The maximum atomic E-state index is 15.0. The third-order valence-electron chi connectivity index (χ3n) is 4.79. The van der Waals surface area contributed by atoms with Gasteiger partial charge in [-0.25, -0.2) is 23.1 Å². The average Bonchev–Trinajstić information content (AvgIpc) is 3.41. The van der Waals surface area contributed by atoms with Gasteiger partial charge in [-0.05, 0) is 24.8 Å². The van der Waals surface area contributed by atoms with E-state index < -0.39 is 60.1 Å². The minimum Gasteiger partial charge on any atom is -0.387 e. The quantitative estimate of drug-likeness (QED) is 0.222. The Balaban J connectivity index is 1.76. The van der Waals surface area contributed by atoms with Gasteiger partial charge in [0.1, 0.15) is 23.4 Å². The highest BCUT2D eigenvalue weighted by molar-refractivity contribution is 7.66. The van der Waals surface area contributed by atoms with Crippen LogP contribution in [0.1, 0.15) is 12.8 Å². The number of alkyl halides is 1. The van der Waals surface area contributed by atoms with E-state index in [0.717, 1.165) is 4.90 Å². The molecule has 2 heterocycles. The number of amidine groups is 1. The summed E-state index contributed by atoms with van der Waals surface area (Å²) in [6.45, 7) is 2.64. The summed E-state index contributed by atoms with van der Waals surface area (Å²) in [6.07, 6.45) is -1.85. The Morgan fingerprint density at radius 3 is 2.41 bits per heavy atom. The molecule has 3 rings (SSSR count). The first-order valence-corrected chi connectivity index (χ1v) is 13.4. The van der Waals surface area contributed by atoms with Gasteiger partial charge >= 0.3 is 23.5 Å². The zero-order chi connectivity index (χ0) is 24.1. The molecule has 2 unspecified atom stereocenters. The van der Waals surface area contributed by atoms with E-state index in [4.69, 9.17) is 20.3 Å². The summed E-state index contributed by atoms with van der Waals surface area (Å²) >= 11 is 0. The Kier molecular flexibility index (Phi) is 6.93. The molecule has 1 saturated carbocycles. The van der Waals surface area contributed by atoms with Gasteiger partial charge in [0.25, 0.3) is 0 Å². The Labute approximate surface area is 180 Å². The number of nitrogens with zero attached hydrogens (tertiary/aromatic N) is 2. The number of nitrogens with two attached hydrogens (primary N) is 1. The maximum absolute atomic E-state index is 15.0. The molecule has 15 nitrogen and oxygen atoms in total. The largest absolute Gasteiger partial charge is 0.490 e. The van der Waals surface area contributed by atoms with Gasteiger partial charge in [0.15, 0.2) is 12.4 Å². The van der Waals surface area contributed by atoms with E-state index in [1.54, 1.807) is 0 Å². The first kappa shape index (κ1) is 25.6. The fourth-order valence-corrected chi connectivity index (χ4v) is 6.41. The van der Waals surface area contributed by atoms with Crippen LogP contribution < -0.4 is 5.73 Å². The highest BCUT2D eigenvalue weighted by Crippen LogP contribution is 2.67. The molecule has 7 N–H and O–H groups in total. The molecular formula is C13H21FN3O12P3. The van der Waals surface area contributed by atoms with Crippen LogP contribution in [0.3, 0.4) is 0 Å². The second-order valence-electron chi connectivity index (χ2n) is 7.17. The van der Waals surface area contributed by atoms with Crippen molar-refractivity contribution in [1.29, 1.82) is 0 Å². The monoisotopic (exact) mass is 523 g/mol. The lowest BCUT2D eigenvalue weighted by molar-refractivity contribution is -0.144. The molecular weight excluding hydrogens is 502 g/mol. The highest BCUT2D eigenvalue weighted by atomic mass is 31.3. The van der Waals surface area contributed by atoms with Crippen LogP contribution in [0.4, 0.5) is 4.39 Å². The summed E-state index contributed by atoms with van der Waals surface area (Å²) in [7, 11) is -16.8. The van der Waals surface area contributed by atoms with Crippen molar-refractivity contribution in [3.8, 4) is 0 Å². The molecule has 182 valence electrons. The summed E-state index contributed by atoms with van der Waals surface area (Å²) < 4.78 is 66.9. The number of aliphatic hydroxyl groups is 1. The maximum Gasteiger partial charge on any atom is 0.490 e. The molecule has 0 aromatic carbocycles. The summed E-state index contributed by atoms with van der Waals surface area (Å²) in [4.78, 5) is 41.1. The Hall–Kier alpha value is -0.990. The second kappa shape index (κ2) is 8.66. The number of ether oxygens (including phenoxy) is 1. The van der Waals surface area contributed by atoms with Gasteiger partial charge in [-0.2, -0.15) is 8.62 Å². The van der Waals surface area contributed by atoms with Crippen LogP contribution in [-0.4, -0.2) is 66.1 Å². The van der Waals surface area contributed by atoms with E-state index in [2.05, 4.69) is 24.7 Å². The van der Waals surface area contributed by atoms with E-state index in [0.29, 0.717) is 12.8 Å². The number of aliphatic hydroxyl groups excluding tert-OH is 1. The third-order valence-corrected chi connectivity index (χ3v) is 8.57. The van der Waals surface area contributed by atoms with Crippen LogP contribution in [0, 0.1) is 5.92 Å². The highest BCUT2D eigenvalue weighted by Gasteiger charge is 2.64. The molecule has 1 saturated heterocycles. The molecule has 0 aromatic rings. The van der Waals surface area contributed by atoms with Crippen molar-refractivity contribution in [3.05, 3.63) is 24.7 Å². The molecule has 3 aliphatic rings. The van der Waals surface area contributed by atoms with Crippen molar-refractivity contribution in [3.63, 3.8) is 0 Å². The number of hydrogen-bond acceptors (Lipinski definition) is 11. The molecule has 2 fully saturated rings. The molecule has 32 heavy (non-hydrogen) atoms. The van der Waals surface area contributed by atoms with Crippen molar-refractivity contribution < 1.29 is 60.6 Å². The Morgan fingerprint density at radius 2 is 1.88 bits per heavy atom. The molecule has 6 atom stereocenters. The minimum atomic E-state index is -5.74. The molecule has 2 aliphatic heterocycles. The number of phosphoric ester groups is 1. The fraction of sp³-hybridized carbons (Fsp3) is 0.615. The van der Waals surface area contributed by atoms with Gasteiger partial charge in [-0.1, -0.05) is 6.58 Å². The molecule has 1 aliphatic carbocycles. The average molecular weight is 523 g/mol. The van der Waals surface area contributed by atoms with Crippen LogP contribution in [-0.2, 0) is 31.6 Å². The lowest BCUT2D eigenvalue weighted by Crippen LogP contribution is -2.48. The predicted molar refractivity (Wildman–Crippen MR) is 103 cm³/mol. The van der Waals surface area contributed by atoms with Crippen molar-refractivity contribution >= 4 is 29.3 Å². The minimum absolute atomic E-state index is 0.00401. The summed E-state index contributed by atoms with van der Waals surface area (Å²) in [5, 5.41) is 10.6. The van der Waals surface area contributed by atoms with E-state index in [1.807, 2.05) is 0 Å². The molecule has 0 bridgehead atoms. The van der Waals surface area contributed by atoms with Crippen LogP contribution in [0.25, 0.3) is 0 Å². The zero-order valence-corrected chi connectivity index (χ0v) is 18.8. The van der Waals surface area contributed by atoms with Crippen molar-refractivity contribution in [1.82, 2.24) is 4.90 Å². The number of aliphatic imine (C=N–C) groups is 1. The molecule has 0 amide bonds. The Bertz CT molecular complexity index is 982. The van der Waals surface area contributed by atoms with Gasteiger partial charge in [0.2, 0.25) is 0 Å². The SMILES string of the molecule is C=C1N=C(N)C=CN1[C@@H]1O[C@@](COP(=O)(O)OP(=O)(O)OP(=O)(O)O)(C2CC2)[C@@H](O)[C@H]1F. The smallest absolute Gasteiger partial charge is 0.387 e. The van der Waals surface area contributed by atoms with Gasteiger partial charge in [-0.15, -0.1) is 0 Å². The van der Waals surface area contributed by atoms with E-state index in [9.17, 15) is 28.6 Å². The first-order chi connectivity index (χ1) is 14.6. The number of rotatable bonds is 9. The van der Waals surface area contributed by atoms with E-state index in [-0.39, 0.29) is 11.7 Å². The van der Waals surface area contributed by atoms with Crippen LogP contribution in [0.15, 0.2) is 29.7 Å². The number of phosphoric acid groups is 3. The predicted octanol–water partition coefficient (Wildman–Crippen LogP) is 0.192. The topological polar surface area (TPSA) is 231 Å². The third kappa shape index (κ3) is 5.73. The summed E-state index contributed by atoms with van der Waals surface area (Å²) in [5.41, 5.74) is 3.68. The fourth-order valence-electron chi connectivity index (χ4n) is 3.35. The Morgan fingerprint density at radius 1 is 1.25 bits per heavy atom. The van der Waals surface area contributed by atoms with Crippen LogP contribution >= 0.6 is 23.5 Å². The normalized spacial score (nSPS) is 34.8. The first-order valence-electron chi connectivity index (χ1n) is 8.83. The summed E-state index contributed by atoms with van der Waals surface area (Å²) in [5.74, 6) is -0.408. The molecule has 0 aromatic heterocycles. The molecule has 0 radical (unpaired) electrons. The lowest BCUT2D eigenvalue weighted by atomic mass is 9.91. The van der Waals surface area contributed by atoms with Crippen molar-refractivity contribution in [2.45, 2.75) is 36.9 Å². The van der Waals surface area contributed by atoms with Gasteiger partial charge in [-0.3, -0.25) is 4.52 Å². The zero-order valence-electron chi connectivity index (χ0n) is 16.1. The number of halogens is 1. The van der Waals surface area contributed by atoms with E-state index in [1.165, 1.54) is 12.3 Å². The van der Waals surface area contributed by atoms with Gasteiger partial charge in [0, 0.05) is 6.20 Å². The standard InChI is InChI=1S/C13H21FN3O12P3/c1-7-16-9(15)4-5-17(7)12-10(14)11(18)13(27-12,8-2-3-8)6-26-31(22,23)29-32(24,25)28-30(19,20)21/h4-5,8,10-12,18H,1-3,6H2,(H2,15,16)(H,22,23)(H,24,25)(H2,19,20,21)/t10-,11+,12-,13+/m1/s1. The second-order valence-corrected chi connectivity index (χ2v) is 11.6. The summed E-state index contributed by atoms with van der Waals surface area (Å²) in [6, 6.07) is 0. The van der Waals surface area contributed by atoms with Crippen molar-refractivity contribution in [2.75, 3.05) is 6.61 Å². The van der Waals surface area contributed by atoms with Crippen molar-refractivity contribution in [2.24, 2.45) is 16.6 Å². The van der Waals surface area contributed by atoms with Crippen LogP contribution in [0.2, 0.25) is 0 Å². The van der Waals surface area contributed by atoms with Crippen LogP contribution in [0.5, 0.6) is 0 Å². The lowest BCUT2D eigenvalue weighted by Gasteiger charge is -2.34. The van der Waals surface area contributed by atoms with E-state index >= 15 is 4.39 Å². The van der Waals surface area contributed by atoms with Gasteiger partial charge < -0.3 is 40.1 Å². The molecule has 0 spiro atoms. The molecule has 19 heteroatoms. The van der Waals surface area contributed by atoms with Gasteiger partial charge in [0.05, 0.1) is 6.61 Å².